The van der Waals surface area contributed by atoms with E-state index < -0.39 is 0 Å². The van der Waals surface area contributed by atoms with E-state index in [2.05, 4.69) is 32.1 Å². The fourth-order valence-electron chi connectivity index (χ4n) is 4.15. The van der Waals surface area contributed by atoms with Crippen molar-refractivity contribution in [2.24, 2.45) is 0 Å². The minimum absolute atomic E-state index is 0.0546. The maximum Gasteiger partial charge on any atom is 0.257 e. The predicted molar refractivity (Wildman–Crippen MR) is 120 cm³/mol. The number of carbonyl (C=O) groups excluding carboxylic acids is 1. The molecule has 2 aromatic carbocycles. The summed E-state index contributed by atoms with van der Waals surface area (Å²) >= 11 is 3.45. The minimum atomic E-state index is 0.0546. The summed E-state index contributed by atoms with van der Waals surface area (Å²) in [6.07, 6.45) is 3.50. The van der Waals surface area contributed by atoms with Crippen molar-refractivity contribution < 1.29 is 4.79 Å². The molecule has 6 nitrogen and oxygen atoms in total. The Bertz CT molecular complexity index is 1170. The van der Waals surface area contributed by atoms with Crippen LogP contribution >= 0.6 is 15.9 Å². The molecular weight excluding hydrogens is 442 g/mol. The van der Waals surface area contributed by atoms with Crippen molar-refractivity contribution in [2.45, 2.75) is 25.7 Å². The molecule has 2 aromatic heterocycles. The van der Waals surface area contributed by atoms with Crippen LogP contribution in [0.4, 0.5) is 0 Å². The number of benzene rings is 2. The van der Waals surface area contributed by atoms with Crippen LogP contribution in [-0.2, 0) is 0 Å². The molecule has 0 bridgehead atoms. The Balaban J connectivity index is 1.29. The smallest absolute Gasteiger partial charge is 0.257 e. The number of imidazole rings is 1. The molecule has 0 aliphatic carbocycles. The number of rotatable bonds is 3. The third-order valence-electron chi connectivity index (χ3n) is 5.89. The second kappa shape index (κ2) is 7.72. The van der Waals surface area contributed by atoms with Crippen LogP contribution < -0.4 is 0 Å². The molecular formula is C23H22BrN5O. The minimum Gasteiger partial charge on any atom is -0.342 e. The first kappa shape index (κ1) is 19.1. The lowest BCUT2D eigenvalue weighted by Crippen LogP contribution is -2.38. The summed E-state index contributed by atoms with van der Waals surface area (Å²) < 4.78 is 2.83. The van der Waals surface area contributed by atoms with Gasteiger partial charge < -0.3 is 9.88 Å². The fourth-order valence-corrected chi connectivity index (χ4v) is 4.42. The van der Waals surface area contributed by atoms with Gasteiger partial charge in [0.25, 0.3) is 5.91 Å². The van der Waals surface area contributed by atoms with E-state index in [1.54, 1.807) is 6.20 Å². The summed E-state index contributed by atoms with van der Waals surface area (Å²) in [5.74, 6) is 1.44. The number of halogens is 1. The van der Waals surface area contributed by atoms with Crippen molar-refractivity contribution in [3.63, 3.8) is 0 Å². The number of carbonyl (C=O) groups is 1. The van der Waals surface area contributed by atoms with Crippen molar-refractivity contribution >= 4 is 32.9 Å². The van der Waals surface area contributed by atoms with Gasteiger partial charge in [0, 0.05) is 23.5 Å². The number of piperidine rings is 1. The number of H-pyrrole nitrogens is 1. The Morgan fingerprint density at radius 3 is 2.57 bits per heavy atom. The summed E-state index contributed by atoms with van der Waals surface area (Å²) in [6.45, 7) is 3.40. The van der Waals surface area contributed by atoms with Crippen LogP contribution in [-0.4, -0.2) is 43.6 Å². The molecule has 5 rings (SSSR count). The molecule has 1 aliphatic rings. The summed E-state index contributed by atoms with van der Waals surface area (Å²) in [6, 6.07) is 16.0. The van der Waals surface area contributed by atoms with Crippen molar-refractivity contribution in [1.29, 1.82) is 0 Å². The number of hydrogen-bond donors (Lipinski definition) is 1. The van der Waals surface area contributed by atoms with Crippen molar-refractivity contribution in [1.82, 2.24) is 24.6 Å². The van der Waals surface area contributed by atoms with E-state index in [4.69, 9.17) is 4.98 Å². The molecule has 1 amide bonds. The van der Waals surface area contributed by atoms with Gasteiger partial charge in [-0.15, -0.1) is 0 Å². The van der Waals surface area contributed by atoms with E-state index in [9.17, 15) is 4.79 Å². The topological polar surface area (TPSA) is 66.8 Å². The number of nitrogens with one attached hydrogen (secondary N) is 1. The van der Waals surface area contributed by atoms with Crippen LogP contribution in [0, 0.1) is 6.92 Å². The predicted octanol–water partition coefficient (Wildman–Crippen LogP) is 4.84. The zero-order chi connectivity index (χ0) is 20.7. The molecule has 152 valence electrons. The monoisotopic (exact) mass is 463 g/mol. The number of aromatic nitrogens is 4. The van der Waals surface area contributed by atoms with Crippen molar-refractivity contribution in [2.75, 3.05) is 13.1 Å². The van der Waals surface area contributed by atoms with Gasteiger partial charge in [-0.3, -0.25) is 4.79 Å². The lowest BCUT2D eigenvalue weighted by atomic mass is 9.95. The average molecular weight is 464 g/mol. The van der Waals surface area contributed by atoms with Gasteiger partial charge in [-0.2, -0.15) is 5.10 Å². The highest BCUT2D eigenvalue weighted by atomic mass is 79.9. The number of fused-ring (bicyclic) bond motifs is 1. The number of para-hydroxylation sites is 2. The molecule has 0 atom stereocenters. The molecule has 0 unspecified atom stereocenters. The molecule has 1 saturated heterocycles. The number of hydrogen-bond acceptors (Lipinski definition) is 3. The Hall–Kier alpha value is -2.93. The van der Waals surface area contributed by atoms with Gasteiger partial charge in [-0.05, 0) is 56.2 Å². The molecule has 0 radical (unpaired) electrons. The van der Waals surface area contributed by atoms with E-state index in [0.29, 0.717) is 11.5 Å². The molecule has 30 heavy (non-hydrogen) atoms. The van der Waals surface area contributed by atoms with Gasteiger partial charge in [0.1, 0.15) is 5.82 Å². The fraction of sp³-hybridized carbons (Fsp3) is 0.261. The Kier molecular flexibility index (Phi) is 4.90. The van der Waals surface area contributed by atoms with Gasteiger partial charge in [0.2, 0.25) is 0 Å². The first-order chi connectivity index (χ1) is 14.6. The van der Waals surface area contributed by atoms with E-state index in [1.165, 1.54) is 0 Å². The summed E-state index contributed by atoms with van der Waals surface area (Å²) in [5, 5.41) is 4.46. The number of likely N-dealkylation sites (tertiary alicyclic amines) is 1. The number of aromatic amines is 1. The molecule has 3 heterocycles. The first-order valence-corrected chi connectivity index (χ1v) is 10.9. The third-order valence-corrected chi connectivity index (χ3v) is 6.42. The third kappa shape index (κ3) is 3.43. The van der Waals surface area contributed by atoms with Crippen LogP contribution in [0.25, 0.3) is 16.7 Å². The van der Waals surface area contributed by atoms with Gasteiger partial charge in [0.05, 0.1) is 34.2 Å². The molecule has 0 saturated carbocycles. The average Bonchev–Trinajstić information content (AvgIpc) is 3.38. The maximum atomic E-state index is 13.1. The molecule has 1 aliphatic heterocycles. The maximum absolute atomic E-state index is 13.1. The summed E-state index contributed by atoms with van der Waals surface area (Å²) in [4.78, 5) is 23.3. The largest absolute Gasteiger partial charge is 0.342 e. The van der Waals surface area contributed by atoms with Gasteiger partial charge in [0.15, 0.2) is 0 Å². The standard InChI is InChI=1S/C23H22BrN5O/c1-15-19(14-25-29(15)18-8-6-17(24)7-9-18)23(30)28-12-10-16(11-13-28)22-26-20-4-2-3-5-21(20)27-22/h2-9,14,16H,10-13H2,1H3,(H,26,27). The Morgan fingerprint density at radius 1 is 1.10 bits per heavy atom. The lowest BCUT2D eigenvalue weighted by molar-refractivity contribution is 0.0710. The van der Waals surface area contributed by atoms with Crippen LogP contribution in [0.5, 0.6) is 0 Å². The zero-order valence-electron chi connectivity index (χ0n) is 16.7. The highest BCUT2D eigenvalue weighted by Gasteiger charge is 2.28. The van der Waals surface area contributed by atoms with Gasteiger partial charge in [-0.25, -0.2) is 9.67 Å². The van der Waals surface area contributed by atoms with Crippen LogP contribution in [0.2, 0.25) is 0 Å². The molecule has 1 N–H and O–H groups in total. The normalized spacial score (nSPS) is 15.1. The molecule has 4 aromatic rings. The summed E-state index contributed by atoms with van der Waals surface area (Å²) in [7, 11) is 0. The molecule has 0 spiro atoms. The second-order valence-corrected chi connectivity index (χ2v) is 8.65. The highest BCUT2D eigenvalue weighted by Crippen LogP contribution is 2.29. The second-order valence-electron chi connectivity index (χ2n) is 7.74. The van der Waals surface area contributed by atoms with Crippen molar-refractivity contribution in [3.8, 4) is 5.69 Å². The summed E-state index contributed by atoms with van der Waals surface area (Å²) in [5.41, 5.74) is 4.55. The zero-order valence-corrected chi connectivity index (χ0v) is 18.3. The lowest BCUT2D eigenvalue weighted by Gasteiger charge is -2.31. The van der Waals surface area contributed by atoms with E-state index in [-0.39, 0.29) is 5.91 Å². The van der Waals surface area contributed by atoms with Crippen LogP contribution in [0.15, 0.2) is 59.2 Å². The van der Waals surface area contributed by atoms with Gasteiger partial charge in [-0.1, -0.05) is 28.1 Å². The van der Waals surface area contributed by atoms with E-state index >= 15 is 0 Å². The van der Waals surface area contributed by atoms with E-state index in [1.807, 2.05) is 59.0 Å². The highest BCUT2D eigenvalue weighted by molar-refractivity contribution is 9.10. The quantitative estimate of drug-likeness (QED) is 0.472. The first-order valence-electron chi connectivity index (χ1n) is 10.1. The number of nitrogens with zero attached hydrogens (tertiary/aromatic N) is 4. The molecule has 7 heteroatoms. The Morgan fingerprint density at radius 2 is 1.83 bits per heavy atom. The Labute approximate surface area is 183 Å². The van der Waals surface area contributed by atoms with Crippen molar-refractivity contribution in [3.05, 3.63) is 76.3 Å². The molecule has 1 fully saturated rings. The van der Waals surface area contributed by atoms with Gasteiger partial charge >= 0.3 is 0 Å². The number of amides is 1. The van der Waals surface area contributed by atoms with Crippen LogP contribution in [0.3, 0.4) is 0 Å². The van der Waals surface area contributed by atoms with E-state index in [0.717, 1.165) is 58.6 Å². The van der Waals surface area contributed by atoms with Crippen LogP contribution in [0.1, 0.15) is 40.6 Å². The SMILES string of the molecule is Cc1c(C(=O)N2CCC(c3nc4ccccc4[nH]3)CC2)cnn1-c1ccc(Br)cc1.